The first-order valence-corrected chi connectivity index (χ1v) is 10.1. The van der Waals surface area contributed by atoms with Crippen LogP contribution in [0.2, 0.25) is 5.02 Å². The maximum absolute atomic E-state index is 13.3. The predicted octanol–water partition coefficient (Wildman–Crippen LogP) is 1.67. The van der Waals surface area contributed by atoms with Gasteiger partial charge in [0.1, 0.15) is 6.04 Å². The highest BCUT2D eigenvalue weighted by Crippen LogP contribution is 2.44. The second-order valence-electron chi connectivity index (χ2n) is 7.54. The lowest BCUT2D eigenvalue weighted by atomic mass is 9.70. The van der Waals surface area contributed by atoms with Crippen LogP contribution in [-0.4, -0.2) is 54.0 Å². The summed E-state index contributed by atoms with van der Waals surface area (Å²) in [5, 5.41) is 15.3. The molecule has 3 N–H and O–H groups in total. The molecule has 1 aliphatic heterocycles. The Kier molecular flexibility index (Phi) is 6.59. The minimum absolute atomic E-state index is 0.0875. The number of aliphatic hydroxyl groups is 1. The molecule has 3 amide bonds. The first kappa shape index (κ1) is 21.3. The number of carbonyl (C=O) groups is 3. The first-order chi connectivity index (χ1) is 13.9. The SMILES string of the molecule is CNC(=O)[C@H]1[C@H]2C(=O)N(CCCO)[C@H](C(=O)Nc3ccc(Cl)cc3)[C@H]2C=C[C@H]1C. The van der Waals surface area contributed by atoms with Gasteiger partial charge in [-0.2, -0.15) is 0 Å². The molecule has 1 aromatic rings. The van der Waals surface area contributed by atoms with E-state index in [0.717, 1.165) is 0 Å². The molecule has 1 saturated heterocycles. The lowest BCUT2D eigenvalue weighted by molar-refractivity contribution is -0.140. The van der Waals surface area contributed by atoms with Crippen LogP contribution in [0.1, 0.15) is 13.3 Å². The van der Waals surface area contributed by atoms with Crippen LogP contribution in [-0.2, 0) is 14.4 Å². The van der Waals surface area contributed by atoms with E-state index >= 15 is 0 Å². The van der Waals surface area contributed by atoms with E-state index in [4.69, 9.17) is 11.6 Å². The van der Waals surface area contributed by atoms with Gasteiger partial charge in [0, 0.05) is 36.8 Å². The van der Waals surface area contributed by atoms with Crippen molar-refractivity contribution < 1.29 is 19.5 Å². The Morgan fingerprint density at radius 1 is 1.17 bits per heavy atom. The van der Waals surface area contributed by atoms with Gasteiger partial charge in [-0.25, -0.2) is 0 Å². The zero-order chi connectivity index (χ0) is 21.1. The van der Waals surface area contributed by atoms with Crippen molar-refractivity contribution >= 4 is 35.0 Å². The number of halogens is 1. The van der Waals surface area contributed by atoms with Crippen molar-refractivity contribution in [1.82, 2.24) is 10.2 Å². The van der Waals surface area contributed by atoms with Crippen molar-refractivity contribution in [2.75, 3.05) is 25.5 Å². The molecule has 3 rings (SSSR count). The van der Waals surface area contributed by atoms with Gasteiger partial charge < -0.3 is 20.6 Å². The molecule has 8 heteroatoms. The molecule has 0 bridgehead atoms. The van der Waals surface area contributed by atoms with Crippen molar-refractivity contribution in [2.24, 2.45) is 23.7 Å². The molecule has 0 spiro atoms. The minimum Gasteiger partial charge on any atom is -0.396 e. The number of hydrogen-bond acceptors (Lipinski definition) is 4. The van der Waals surface area contributed by atoms with E-state index in [1.54, 1.807) is 31.3 Å². The fourth-order valence-electron chi connectivity index (χ4n) is 4.39. The summed E-state index contributed by atoms with van der Waals surface area (Å²) in [6.07, 6.45) is 4.16. The van der Waals surface area contributed by atoms with Crippen LogP contribution < -0.4 is 10.6 Å². The number of likely N-dealkylation sites (tertiary alicyclic amines) is 1. The van der Waals surface area contributed by atoms with Crippen LogP contribution in [0.25, 0.3) is 0 Å². The topological polar surface area (TPSA) is 98.7 Å². The third-order valence-corrected chi connectivity index (χ3v) is 6.01. The van der Waals surface area contributed by atoms with Gasteiger partial charge >= 0.3 is 0 Å². The zero-order valence-electron chi connectivity index (χ0n) is 16.5. The molecule has 1 aliphatic carbocycles. The van der Waals surface area contributed by atoms with Gasteiger partial charge in [0.2, 0.25) is 17.7 Å². The number of anilines is 1. The maximum atomic E-state index is 13.3. The lowest BCUT2D eigenvalue weighted by Gasteiger charge is -2.32. The van der Waals surface area contributed by atoms with Gasteiger partial charge in [-0.3, -0.25) is 14.4 Å². The van der Waals surface area contributed by atoms with Crippen LogP contribution >= 0.6 is 11.6 Å². The molecule has 0 aromatic heterocycles. The summed E-state index contributed by atoms with van der Waals surface area (Å²) in [5.41, 5.74) is 0.577. The number of allylic oxidation sites excluding steroid dienone is 1. The molecule has 156 valence electrons. The van der Waals surface area contributed by atoms with E-state index in [1.807, 2.05) is 19.1 Å². The Morgan fingerprint density at radius 2 is 1.86 bits per heavy atom. The number of hydrogen-bond donors (Lipinski definition) is 3. The second kappa shape index (κ2) is 8.97. The fraction of sp³-hybridized carbons (Fsp3) is 0.476. The molecule has 0 saturated carbocycles. The van der Waals surface area contributed by atoms with Crippen molar-refractivity contribution in [3.8, 4) is 0 Å². The van der Waals surface area contributed by atoms with E-state index in [9.17, 15) is 19.5 Å². The third-order valence-electron chi connectivity index (χ3n) is 5.76. The van der Waals surface area contributed by atoms with E-state index in [0.29, 0.717) is 17.1 Å². The summed E-state index contributed by atoms with van der Waals surface area (Å²) < 4.78 is 0. The van der Waals surface area contributed by atoms with Crippen molar-refractivity contribution in [3.05, 3.63) is 41.4 Å². The zero-order valence-corrected chi connectivity index (χ0v) is 17.2. The monoisotopic (exact) mass is 419 g/mol. The number of nitrogens with one attached hydrogen (secondary N) is 2. The van der Waals surface area contributed by atoms with Gasteiger partial charge in [0.25, 0.3) is 0 Å². The molecule has 0 radical (unpaired) electrons. The summed E-state index contributed by atoms with van der Waals surface area (Å²) in [4.78, 5) is 40.5. The number of fused-ring (bicyclic) bond motifs is 1. The largest absolute Gasteiger partial charge is 0.396 e. The van der Waals surface area contributed by atoms with Crippen molar-refractivity contribution in [1.29, 1.82) is 0 Å². The van der Waals surface area contributed by atoms with Gasteiger partial charge in [-0.15, -0.1) is 0 Å². The summed E-state index contributed by atoms with van der Waals surface area (Å²) in [6.45, 7) is 2.07. The molecule has 1 heterocycles. The number of aliphatic hydroxyl groups excluding tert-OH is 1. The summed E-state index contributed by atoms with van der Waals surface area (Å²) >= 11 is 5.90. The third kappa shape index (κ3) is 4.16. The predicted molar refractivity (Wildman–Crippen MR) is 110 cm³/mol. The Balaban J connectivity index is 1.93. The van der Waals surface area contributed by atoms with E-state index in [-0.39, 0.29) is 36.8 Å². The molecular formula is C21H26ClN3O4. The van der Waals surface area contributed by atoms with Crippen LogP contribution in [0.3, 0.4) is 0 Å². The standard InChI is InChI=1S/C21H26ClN3O4/c1-12-4-9-15-17(16(12)19(27)23-2)21(29)25(10-3-11-26)18(15)20(28)24-14-7-5-13(22)6-8-14/h4-9,12,15-18,26H,3,10-11H2,1-2H3,(H,23,27)(H,24,28)/t12-,15+,16-,17+,18+/m1/s1. The van der Waals surface area contributed by atoms with E-state index in [1.165, 1.54) is 4.90 Å². The summed E-state index contributed by atoms with van der Waals surface area (Å²) in [7, 11) is 1.55. The van der Waals surface area contributed by atoms with Gasteiger partial charge in [0.15, 0.2) is 0 Å². The van der Waals surface area contributed by atoms with Crippen LogP contribution in [0.5, 0.6) is 0 Å². The van der Waals surface area contributed by atoms with Gasteiger partial charge in [0.05, 0.1) is 11.8 Å². The molecular weight excluding hydrogens is 394 g/mol. The number of amides is 3. The number of rotatable bonds is 6. The molecule has 7 nitrogen and oxygen atoms in total. The van der Waals surface area contributed by atoms with Crippen LogP contribution in [0.4, 0.5) is 5.69 Å². The highest BCUT2D eigenvalue weighted by atomic mass is 35.5. The summed E-state index contributed by atoms with van der Waals surface area (Å²) in [6, 6.07) is 5.99. The lowest BCUT2D eigenvalue weighted by Crippen LogP contribution is -2.45. The average molecular weight is 420 g/mol. The van der Waals surface area contributed by atoms with Gasteiger partial charge in [-0.1, -0.05) is 30.7 Å². The van der Waals surface area contributed by atoms with Crippen LogP contribution in [0.15, 0.2) is 36.4 Å². The minimum atomic E-state index is -0.745. The molecule has 1 fully saturated rings. The quantitative estimate of drug-likeness (QED) is 0.611. The maximum Gasteiger partial charge on any atom is 0.247 e. The first-order valence-electron chi connectivity index (χ1n) is 9.76. The average Bonchev–Trinajstić information content (AvgIpc) is 2.99. The normalized spacial score (nSPS) is 28.2. The number of nitrogens with zero attached hydrogens (tertiary/aromatic N) is 1. The Bertz CT molecular complexity index is 811. The smallest absolute Gasteiger partial charge is 0.247 e. The molecule has 29 heavy (non-hydrogen) atoms. The van der Waals surface area contributed by atoms with Crippen LogP contribution in [0, 0.1) is 23.7 Å². The Morgan fingerprint density at radius 3 is 2.48 bits per heavy atom. The molecule has 1 aromatic carbocycles. The molecule has 2 aliphatic rings. The second-order valence-corrected chi connectivity index (χ2v) is 7.97. The molecule has 0 unspecified atom stereocenters. The highest BCUT2D eigenvalue weighted by molar-refractivity contribution is 6.30. The highest BCUT2D eigenvalue weighted by Gasteiger charge is 2.56. The Labute approximate surface area is 175 Å². The van der Waals surface area contributed by atoms with Gasteiger partial charge in [-0.05, 0) is 36.6 Å². The van der Waals surface area contributed by atoms with Crippen molar-refractivity contribution in [3.63, 3.8) is 0 Å². The molecule has 5 atom stereocenters. The number of carbonyl (C=O) groups excluding carboxylic acids is 3. The summed E-state index contributed by atoms with van der Waals surface area (Å²) in [5.74, 6) is -2.40. The Hall–Kier alpha value is -2.38. The van der Waals surface area contributed by atoms with Crippen molar-refractivity contribution in [2.45, 2.75) is 19.4 Å². The van der Waals surface area contributed by atoms with E-state index in [2.05, 4.69) is 10.6 Å². The fourth-order valence-corrected chi connectivity index (χ4v) is 4.52. The number of benzene rings is 1. The van der Waals surface area contributed by atoms with E-state index < -0.39 is 23.8 Å².